The van der Waals surface area contributed by atoms with Gasteiger partial charge in [0.2, 0.25) is 5.91 Å². The van der Waals surface area contributed by atoms with Crippen LogP contribution in [0.1, 0.15) is 31.7 Å². The number of nitrogens with one attached hydrogen (secondary N) is 4. The maximum Gasteiger partial charge on any atom is 0.249 e. The first-order valence-electron chi connectivity index (χ1n) is 9.85. The molecule has 3 aliphatic heterocycles. The van der Waals surface area contributed by atoms with Gasteiger partial charge in [-0.1, -0.05) is 24.3 Å². The van der Waals surface area contributed by atoms with Crippen molar-refractivity contribution in [3.63, 3.8) is 0 Å². The summed E-state index contributed by atoms with van der Waals surface area (Å²) in [6.07, 6.45) is 11.7. The van der Waals surface area contributed by atoms with Crippen LogP contribution in [-0.2, 0) is 4.79 Å². The summed E-state index contributed by atoms with van der Waals surface area (Å²) < 4.78 is 14.2. The fourth-order valence-corrected chi connectivity index (χ4v) is 3.83. The number of amides is 1. The summed E-state index contributed by atoms with van der Waals surface area (Å²) in [5.74, 6) is -0.417. The predicted octanol–water partition coefficient (Wildman–Crippen LogP) is 2.44. The molecular formula is C21H25FN6O. The van der Waals surface area contributed by atoms with Crippen LogP contribution in [0.3, 0.4) is 0 Å². The van der Waals surface area contributed by atoms with Gasteiger partial charge in [0.15, 0.2) is 0 Å². The van der Waals surface area contributed by atoms with Crippen LogP contribution < -0.4 is 21.6 Å². The molecule has 1 unspecified atom stereocenters. The standard InChI is InChI=1S/C21H25FN6O/c1-14-13-24-27-17(10-11-23-26-14)19-7-2-3-12-28(19)21(29)18-9-8-15-5-4-6-16(22)20(15)25-18/h4-6,8-11,13,18-19,24-27H,2-3,7,12H2,1H3/b14-13-,17-10?,23-11?/t18?,19-/m0/s1. The number of anilines is 1. The Labute approximate surface area is 169 Å². The normalized spacial score (nSPS) is 25.4. The number of hydrazine groups is 1. The summed E-state index contributed by atoms with van der Waals surface area (Å²) >= 11 is 0. The van der Waals surface area contributed by atoms with Crippen LogP contribution in [0.15, 0.2) is 53.0 Å². The van der Waals surface area contributed by atoms with Crippen LogP contribution in [-0.4, -0.2) is 35.7 Å². The lowest BCUT2D eigenvalue weighted by Crippen LogP contribution is -2.53. The number of allylic oxidation sites excluding steroid dienone is 2. The van der Waals surface area contributed by atoms with E-state index in [1.807, 2.05) is 24.0 Å². The zero-order chi connectivity index (χ0) is 20.2. The lowest BCUT2D eigenvalue weighted by molar-refractivity contribution is -0.133. The van der Waals surface area contributed by atoms with Crippen molar-refractivity contribution in [2.24, 2.45) is 5.10 Å². The Morgan fingerprint density at radius 2 is 2.21 bits per heavy atom. The van der Waals surface area contributed by atoms with E-state index in [4.69, 9.17) is 0 Å². The van der Waals surface area contributed by atoms with Crippen LogP contribution in [0, 0.1) is 5.82 Å². The van der Waals surface area contributed by atoms with Gasteiger partial charge in [0.05, 0.1) is 17.4 Å². The number of benzene rings is 1. The summed E-state index contributed by atoms with van der Waals surface area (Å²) in [6.45, 7) is 2.55. The first-order valence-corrected chi connectivity index (χ1v) is 9.85. The molecule has 152 valence electrons. The maximum atomic E-state index is 14.2. The lowest BCUT2D eigenvalue weighted by atomic mass is 9.97. The number of carbonyl (C=O) groups is 1. The van der Waals surface area contributed by atoms with E-state index in [1.54, 1.807) is 30.6 Å². The number of hydrogen-bond donors (Lipinski definition) is 4. The third-order valence-electron chi connectivity index (χ3n) is 5.30. The minimum Gasteiger partial charge on any atom is -0.368 e. The molecule has 8 heteroatoms. The zero-order valence-electron chi connectivity index (χ0n) is 16.3. The molecule has 3 aliphatic rings. The molecule has 1 aromatic carbocycles. The fraction of sp³-hybridized carbons (Fsp3) is 0.333. The number of nitrogens with zero attached hydrogens (tertiary/aromatic N) is 2. The summed E-state index contributed by atoms with van der Waals surface area (Å²) in [7, 11) is 0. The Hall–Kier alpha value is -3.29. The topological polar surface area (TPSA) is 80.8 Å². The number of likely N-dealkylation sites (tertiary alicyclic amines) is 1. The number of carbonyl (C=O) groups excluding carboxylic acids is 1. The lowest BCUT2D eigenvalue weighted by Gasteiger charge is -2.39. The third-order valence-corrected chi connectivity index (χ3v) is 5.30. The second-order valence-electron chi connectivity index (χ2n) is 7.34. The Balaban J connectivity index is 1.55. The largest absolute Gasteiger partial charge is 0.368 e. The molecule has 1 fully saturated rings. The molecule has 2 atom stereocenters. The molecule has 7 nitrogen and oxygen atoms in total. The Bertz CT molecular complexity index is 906. The monoisotopic (exact) mass is 396 g/mol. The third kappa shape index (κ3) is 4.11. The minimum absolute atomic E-state index is 0.0655. The van der Waals surface area contributed by atoms with Crippen molar-refractivity contribution in [3.8, 4) is 0 Å². The summed E-state index contributed by atoms with van der Waals surface area (Å²) in [6, 6.07) is 4.18. The first-order chi connectivity index (χ1) is 14.1. The number of fused-ring (bicyclic) bond motifs is 1. The smallest absolute Gasteiger partial charge is 0.249 e. The molecule has 0 radical (unpaired) electrons. The summed E-state index contributed by atoms with van der Waals surface area (Å²) in [4.78, 5) is 15.2. The molecule has 4 N–H and O–H groups in total. The van der Waals surface area contributed by atoms with Gasteiger partial charge in [-0.25, -0.2) is 4.39 Å². The van der Waals surface area contributed by atoms with Gasteiger partial charge in [0.25, 0.3) is 0 Å². The highest BCUT2D eigenvalue weighted by atomic mass is 19.1. The van der Waals surface area contributed by atoms with Gasteiger partial charge in [0, 0.05) is 30.2 Å². The van der Waals surface area contributed by atoms with Crippen molar-refractivity contribution >= 4 is 23.9 Å². The van der Waals surface area contributed by atoms with Crippen molar-refractivity contribution in [2.75, 3.05) is 11.9 Å². The molecule has 0 aliphatic carbocycles. The number of hydrazone groups is 1. The van der Waals surface area contributed by atoms with E-state index < -0.39 is 6.04 Å². The molecule has 0 spiro atoms. The predicted molar refractivity (Wildman–Crippen MR) is 112 cm³/mol. The molecule has 0 saturated carbocycles. The Kier molecular flexibility index (Phi) is 5.50. The van der Waals surface area contributed by atoms with E-state index >= 15 is 0 Å². The molecule has 1 saturated heterocycles. The van der Waals surface area contributed by atoms with Crippen molar-refractivity contribution in [2.45, 2.75) is 38.3 Å². The van der Waals surface area contributed by atoms with Crippen molar-refractivity contribution in [1.82, 2.24) is 21.2 Å². The number of hydrogen-bond acceptors (Lipinski definition) is 6. The SMILES string of the molecule is C/C1=C/NNC([C@@H]2CCCCN2C(=O)C2C=Cc3cccc(F)c3N2)=CC=NN1. The van der Waals surface area contributed by atoms with Gasteiger partial charge in [-0.05, 0) is 38.3 Å². The van der Waals surface area contributed by atoms with E-state index in [1.165, 1.54) is 6.07 Å². The number of piperidine rings is 1. The van der Waals surface area contributed by atoms with Crippen LogP contribution in [0.25, 0.3) is 6.08 Å². The van der Waals surface area contributed by atoms with Gasteiger partial charge in [0.1, 0.15) is 11.9 Å². The number of para-hydroxylation sites is 1. The van der Waals surface area contributed by atoms with E-state index in [2.05, 4.69) is 26.7 Å². The van der Waals surface area contributed by atoms with Gasteiger partial charge >= 0.3 is 0 Å². The highest BCUT2D eigenvalue weighted by molar-refractivity contribution is 5.91. The molecule has 1 aromatic rings. The van der Waals surface area contributed by atoms with Crippen LogP contribution in [0.5, 0.6) is 0 Å². The molecule has 4 rings (SSSR count). The minimum atomic E-state index is -0.595. The molecule has 0 bridgehead atoms. The van der Waals surface area contributed by atoms with Crippen LogP contribution in [0.4, 0.5) is 10.1 Å². The highest BCUT2D eigenvalue weighted by Crippen LogP contribution is 2.29. The summed E-state index contributed by atoms with van der Waals surface area (Å²) in [5, 5.41) is 7.21. The van der Waals surface area contributed by atoms with Crippen LogP contribution in [0.2, 0.25) is 0 Å². The van der Waals surface area contributed by atoms with E-state index in [0.29, 0.717) is 12.2 Å². The van der Waals surface area contributed by atoms with Gasteiger partial charge in [-0.15, -0.1) is 0 Å². The second-order valence-corrected chi connectivity index (χ2v) is 7.34. The molecule has 0 aromatic heterocycles. The zero-order valence-corrected chi connectivity index (χ0v) is 16.3. The Morgan fingerprint density at radius 3 is 3.10 bits per heavy atom. The average Bonchev–Trinajstić information content (AvgIpc) is 2.85. The van der Waals surface area contributed by atoms with Crippen molar-refractivity contribution < 1.29 is 9.18 Å². The number of rotatable bonds is 2. The summed E-state index contributed by atoms with van der Waals surface area (Å²) in [5.41, 5.74) is 12.0. The molecule has 3 heterocycles. The van der Waals surface area contributed by atoms with Gasteiger partial charge in [-0.2, -0.15) is 5.10 Å². The quantitative estimate of drug-likeness (QED) is 0.618. The fourth-order valence-electron chi connectivity index (χ4n) is 3.83. The number of halogens is 1. The van der Waals surface area contributed by atoms with Crippen molar-refractivity contribution in [1.29, 1.82) is 0 Å². The van der Waals surface area contributed by atoms with E-state index in [-0.39, 0.29) is 17.8 Å². The molecular weight excluding hydrogens is 371 g/mol. The van der Waals surface area contributed by atoms with Crippen LogP contribution >= 0.6 is 0 Å². The first kappa shape index (κ1) is 19.0. The Morgan fingerprint density at radius 1 is 1.31 bits per heavy atom. The average molecular weight is 396 g/mol. The van der Waals surface area contributed by atoms with E-state index in [9.17, 15) is 9.18 Å². The molecule has 29 heavy (non-hydrogen) atoms. The van der Waals surface area contributed by atoms with Crippen molar-refractivity contribution in [3.05, 3.63) is 59.3 Å². The maximum absolute atomic E-state index is 14.2. The molecule has 1 amide bonds. The van der Waals surface area contributed by atoms with E-state index in [0.717, 1.165) is 36.2 Å². The highest BCUT2D eigenvalue weighted by Gasteiger charge is 2.34. The van der Waals surface area contributed by atoms with Gasteiger partial charge in [-0.3, -0.25) is 10.2 Å². The second kappa shape index (κ2) is 8.38. The van der Waals surface area contributed by atoms with Gasteiger partial charge < -0.3 is 21.1 Å².